The maximum atomic E-state index is 9.55. The highest BCUT2D eigenvalue weighted by Gasteiger charge is 2.25. The maximum Gasteiger partial charge on any atom is 0.120 e. The molecule has 0 unspecified atom stereocenters. The van der Waals surface area contributed by atoms with Crippen LogP contribution in [0.4, 0.5) is 0 Å². The molecule has 3 nitrogen and oxygen atoms in total. The molecule has 1 aliphatic rings. The fraction of sp³-hybridized carbons (Fsp3) is 0.455. The standard InChI is InChI=1S/C11H15NO2/c12-10(5-7-1-2-7)9-6-8(13)3-4-11(9)14/h3-4,6-7,10,13-14H,1-2,5,12H2/t10-/m0/s1. The molecule has 1 aromatic carbocycles. The molecule has 1 atom stereocenters. The number of rotatable bonds is 3. The van der Waals surface area contributed by atoms with E-state index in [2.05, 4.69) is 0 Å². The van der Waals surface area contributed by atoms with Crippen molar-refractivity contribution >= 4 is 0 Å². The van der Waals surface area contributed by atoms with Gasteiger partial charge < -0.3 is 15.9 Å². The van der Waals surface area contributed by atoms with Crippen molar-refractivity contribution in [2.24, 2.45) is 11.7 Å². The van der Waals surface area contributed by atoms with Crippen molar-refractivity contribution in [3.63, 3.8) is 0 Å². The molecular weight excluding hydrogens is 178 g/mol. The molecule has 4 N–H and O–H groups in total. The molecule has 0 spiro atoms. The van der Waals surface area contributed by atoms with E-state index < -0.39 is 0 Å². The Kier molecular flexibility index (Phi) is 2.33. The number of hydrogen-bond acceptors (Lipinski definition) is 3. The van der Waals surface area contributed by atoms with Crippen molar-refractivity contribution in [2.75, 3.05) is 0 Å². The van der Waals surface area contributed by atoms with E-state index in [1.54, 1.807) is 6.07 Å². The predicted molar refractivity (Wildman–Crippen MR) is 54.0 cm³/mol. The molecule has 14 heavy (non-hydrogen) atoms. The zero-order valence-corrected chi connectivity index (χ0v) is 7.98. The van der Waals surface area contributed by atoms with E-state index in [-0.39, 0.29) is 17.5 Å². The third-order valence-electron chi connectivity index (χ3n) is 2.69. The lowest BCUT2D eigenvalue weighted by molar-refractivity contribution is 0.443. The first-order valence-electron chi connectivity index (χ1n) is 4.94. The van der Waals surface area contributed by atoms with Crippen molar-refractivity contribution in [1.82, 2.24) is 0 Å². The normalized spacial score (nSPS) is 18.1. The summed E-state index contributed by atoms with van der Waals surface area (Å²) in [7, 11) is 0. The summed E-state index contributed by atoms with van der Waals surface area (Å²) in [5.74, 6) is 1.05. The van der Waals surface area contributed by atoms with E-state index in [0.717, 1.165) is 6.42 Å². The second-order valence-corrected chi connectivity index (χ2v) is 4.03. The monoisotopic (exact) mass is 193 g/mol. The van der Waals surface area contributed by atoms with Gasteiger partial charge in [0.2, 0.25) is 0 Å². The van der Waals surface area contributed by atoms with Crippen LogP contribution in [0.5, 0.6) is 11.5 Å². The third kappa shape index (κ3) is 1.99. The molecule has 1 aromatic rings. The molecule has 0 aromatic heterocycles. The van der Waals surface area contributed by atoms with Gasteiger partial charge >= 0.3 is 0 Å². The lowest BCUT2D eigenvalue weighted by atomic mass is 10.0. The zero-order valence-electron chi connectivity index (χ0n) is 7.98. The molecule has 0 heterocycles. The summed E-state index contributed by atoms with van der Waals surface area (Å²) in [6.45, 7) is 0. The molecule has 0 aliphatic heterocycles. The van der Waals surface area contributed by atoms with Crippen LogP contribution < -0.4 is 5.73 Å². The number of benzene rings is 1. The highest BCUT2D eigenvalue weighted by molar-refractivity contribution is 5.40. The summed E-state index contributed by atoms with van der Waals surface area (Å²) < 4.78 is 0. The van der Waals surface area contributed by atoms with Gasteiger partial charge in [-0.2, -0.15) is 0 Å². The molecule has 0 bridgehead atoms. The highest BCUT2D eigenvalue weighted by Crippen LogP contribution is 2.39. The Morgan fingerprint density at radius 3 is 2.71 bits per heavy atom. The molecular formula is C11H15NO2. The van der Waals surface area contributed by atoms with Crippen LogP contribution in [0.1, 0.15) is 30.9 Å². The topological polar surface area (TPSA) is 66.5 Å². The molecule has 2 rings (SSSR count). The average Bonchev–Trinajstić information content (AvgIpc) is 2.93. The fourth-order valence-corrected chi connectivity index (χ4v) is 1.68. The number of hydrogen-bond donors (Lipinski definition) is 3. The van der Waals surface area contributed by atoms with Crippen molar-refractivity contribution in [2.45, 2.75) is 25.3 Å². The van der Waals surface area contributed by atoms with Gasteiger partial charge in [-0.25, -0.2) is 0 Å². The Morgan fingerprint density at radius 2 is 2.07 bits per heavy atom. The van der Waals surface area contributed by atoms with E-state index >= 15 is 0 Å². The van der Waals surface area contributed by atoms with Gasteiger partial charge in [-0.05, 0) is 30.5 Å². The van der Waals surface area contributed by atoms with Gasteiger partial charge in [0, 0.05) is 11.6 Å². The molecule has 1 aliphatic carbocycles. The maximum absolute atomic E-state index is 9.55. The Bertz CT molecular complexity index is 334. The summed E-state index contributed by atoms with van der Waals surface area (Å²) in [6.07, 6.45) is 3.39. The lowest BCUT2D eigenvalue weighted by Gasteiger charge is -2.13. The SMILES string of the molecule is N[C@@H](CC1CC1)c1cc(O)ccc1O. The van der Waals surface area contributed by atoms with Crippen LogP contribution in [0.25, 0.3) is 0 Å². The molecule has 0 amide bonds. The van der Waals surface area contributed by atoms with Crippen LogP contribution in [0.3, 0.4) is 0 Å². The smallest absolute Gasteiger partial charge is 0.120 e. The molecule has 0 radical (unpaired) electrons. The minimum Gasteiger partial charge on any atom is -0.508 e. The van der Waals surface area contributed by atoms with Crippen LogP contribution in [0.15, 0.2) is 18.2 Å². The molecule has 0 saturated heterocycles. The summed E-state index contributed by atoms with van der Waals surface area (Å²) in [5, 5.41) is 18.8. The Hall–Kier alpha value is -1.22. The minimum atomic E-state index is -0.158. The largest absolute Gasteiger partial charge is 0.508 e. The van der Waals surface area contributed by atoms with Gasteiger partial charge in [0.25, 0.3) is 0 Å². The Morgan fingerprint density at radius 1 is 1.36 bits per heavy atom. The van der Waals surface area contributed by atoms with E-state index in [1.165, 1.54) is 25.0 Å². The first-order valence-corrected chi connectivity index (χ1v) is 4.94. The summed E-state index contributed by atoms with van der Waals surface area (Å²) in [4.78, 5) is 0. The van der Waals surface area contributed by atoms with Gasteiger partial charge in [-0.15, -0.1) is 0 Å². The van der Waals surface area contributed by atoms with E-state index in [4.69, 9.17) is 5.73 Å². The van der Waals surface area contributed by atoms with Crippen LogP contribution >= 0.6 is 0 Å². The zero-order chi connectivity index (χ0) is 10.1. The van der Waals surface area contributed by atoms with E-state index in [0.29, 0.717) is 11.5 Å². The first-order chi connectivity index (χ1) is 6.66. The molecule has 1 fully saturated rings. The minimum absolute atomic E-state index is 0.157. The van der Waals surface area contributed by atoms with Crippen molar-refractivity contribution in [3.05, 3.63) is 23.8 Å². The predicted octanol–water partition coefficient (Wildman–Crippen LogP) is 1.90. The Labute approximate surface area is 83.2 Å². The van der Waals surface area contributed by atoms with E-state index in [9.17, 15) is 10.2 Å². The number of phenols is 2. The molecule has 1 saturated carbocycles. The van der Waals surface area contributed by atoms with Crippen molar-refractivity contribution in [1.29, 1.82) is 0 Å². The number of nitrogens with two attached hydrogens (primary N) is 1. The van der Waals surface area contributed by atoms with Crippen LogP contribution in [0, 0.1) is 5.92 Å². The molecule has 3 heteroatoms. The van der Waals surface area contributed by atoms with Gasteiger partial charge in [0.15, 0.2) is 0 Å². The van der Waals surface area contributed by atoms with Crippen LogP contribution in [0.2, 0.25) is 0 Å². The van der Waals surface area contributed by atoms with Gasteiger partial charge in [0.05, 0.1) is 0 Å². The van der Waals surface area contributed by atoms with Crippen LogP contribution in [-0.4, -0.2) is 10.2 Å². The van der Waals surface area contributed by atoms with Gasteiger partial charge in [0.1, 0.15) is 11.5 Å². The van der Waals surface area contributed by atoms with E-state index in [1.807, 2.05) is 0 Å². The first kappa shape index (κ1) is 9.34. The number of phenolic OH excluding ortho intramolecular Hbond substituents is 2. The quantitative estimate of drug-likeness (QED) is 0.642. The summed E-state index contributed by atoms with van der Waals surface area (Å²) >= 11 is 0. The van der Waals surface area contributed by atoms with Gasteiger partial charge in [-0.3, -0.25) is 0 Å². The summed E-state index contributed by atoms with van der Waals surface area (Å²) in [6, 6.07) is 4.33. The van der Waals surface area contributed by atoms with Gasteiger partial charge in [-0.1, -0.05) is 12.8 Å². The second kappa shape index (κ2) is 3.50. The van der Waals surface area contributed by atoms with Crippen molar-refractivity contribution in [3.8, 4) is 11.5 Å². The fourth-order valence-electron chi connectivity index (χ4n) is 1.68. The second-order valence-electron chi connectivity index (χ2n) is 4.03. The van der Waals surface area contributed by atoms with Crippen LogP contribution in [-0.2, 0) is 0 Å². The average molecular weight is 193 g/mol. The Balaban J connectivity index is 2.15. The number of aromatic hydroxyl groups is 2. The third-order valence-corrected chi connectivity index (χ3v) is 2.69. The lowest BCUT2D eigenvalue weighted by Crippen LogP contribution is -2.11. The highest BCUT2D eigenvalue weighted by atomic mass is 16.3. The van der Waals surface area contributed by atoms with Crippen molar-refractivity contribution < 1.29 is 10.2 Å². The molecule has 76 valence electrons. The summed E-state index contributed by atoms with van der Waals surface area (Å²) in [5.41, 5.74) is 6.58.